The number of amides is 1. The number of hydrogen-bond donors (Lipinski definition) is 0. The molecular formula is C22H19FN2O5S. The fraction of sp³-hybridized carbons (Fsp3) is 0.182. The first-order valence-electron chi connectivity index (χ1n) is 9.31. The van der Waals surface area contributed by atoms with Crippen molar-refractivity contribution < 1.29 is 28.2 Å². The van der Waals surface area contributed by atoms with E-state index in [-0.39, 0.29) is 23.9 Å². The summed E-state index contributed by atoms with van der Waals surface area (Å²) in [5.74, 6) is -1.89. The number of carbonyl (C=O) groups is 3. The summed E-state index contributed by atoms with van der Waals surface area (Å²) in [7, 11) is 1.22. The van der Waals surface area contributed by atoms with E-state index in [4.69, 9.17) is 4.74 Å². The highest BCUT2D eigenvalue weighted by atomic mass is 32.2. The molecule has 1 heterocycles. The Morgan fingerprint density at radius 2 is 1.81 bits per heavy atom. The second-order valence-electron chi connectivity index (χ2n) is 6.31. The van der Waals surface area contributed by atoms with E-state index in [1.54, 1.807) is 43.3 Å². The molecule has 0 aliphatic carbocycles. The highest BCUT2D eigenvalue weighted by molar-refractivity contribution is 8.18. The number of carbonyl (C=O) groups excluding carboxylic acids is 3. The first-order valence-corrected chi connectivity index (χ1v) is 10.1. The molecule has 2 aromatic rings. The van der Waals surface area contributed by atoms with E-state index in [9.17, 15) is 18.8 Å². The van der Waals surface area contributed by atoms with Gasteiger partial charge in [-0.15, -0.1) is 0 Å². The van der Waals surface area contributed by atoms with Gasteiger partial charge in [0.1, 0.15) is 5.82 Å². The van der Waals surface area contributed by atoms with Crippen LogP contribution in [0.5, 0.6) is 0 Å². The highest BCUT2D eigenvalue weighted by Gasteiger charge is 2.34. The largest absolute Gasteiger partial charge is 0.466 e. The Kier molecular flexibility index (Phi) is 7.19. The standard InChI is InChI=1S/C22H19FN2O5S/c1-3-30-21(28)15-6-10-17(11-7-15)24-22-25(13-14-4-8-16(23)9-5-14)20(27)18(31-22)12-19(26)29-2/h4-12H,3,13H2,1-2H3. The van der Waals surface area contributed by atoms with Gasteiger partial charge in [0.25, 0.3) is 5.91 Å². The maximum Gasteiger partial charge on any atom is 0.338 e. The van der Waals surface area contributed by atoms with Gasteiger partial charge in [-0.2, -0.15) is 0 Å². The van der Waals surface area contributed by atoms with Crippen molar-refractivity contribution in [3.8, 4) is 0 Å². The predicted octanol–water partition coefficient (Wildman–Crippen LogP) is 3.82. The van der Waals surface area contributed by atoms with Crippen molar-refractivity contribution in [2.45, 2.75) is 13.5 Å². The van der Waals surface area contributed by atoms with E-state index in [0.717, 1.165) is 17.8 Å². The van der Waals surface area contributed by atoms with E-state index >= 15 is 0 Å². The lowest BCUT2D eigenvalue weighted by atomic mass is 10.2. The van der Waals surface area contributed by atoms with Gasteiger partial charge < -0.3 is 9.47 Å². The average molecular weight is 442 g/mol. The van der Waals surface area contributed by atoms with E-state index < -0.39 is 17.8 Å². The van der Waals surface area contributed by atoms with Crippen LogP contribution in [0.1, 0.15) is 22.8 Å². The second kappa shape index (κ2) is 10.0. The summed E-state index contributed by atoms with van der Waals surface area (Å²) in [4.78, 5) is 42.3. The molecule has 1 aliphatic rings. The molecular weight excluding hydrogens is 423 g/mol. The van der Waals surface area contributed by atoms with Gasteiger partial charge >= 0.3 is 11.9 Å². The Morgan fingerprint density at radius 3 is 2.42 bits per heavy atom. The van der Waals surface area contributed by atoms with Gasteiger partial charge in [0.2, 0.25) is 0 Å². The number of ether oxygens (including phenoxy) is 2. The molecule has 7 nitrogen and oxygen atoms in total. The molecule has 0 spiro atoms. The number of aliphatic imine (C=N–C) groups is 1. The summed E-state index contributed by atoms with van der Waals surface area (Å²) in [5, 5.41) is 0.341. The fourth-order valence-corrected chi connectivity index (χ4v) is 3.62. The van der Waals surface area contributed by atoms with Crippen LogP contribution in [0.2, 0.25) is 0 Å². The van der Waals surface area contributed by atoms with E-state index in [1.807, 2.05) is 0 Å². The number of rotatable bonds is 6. The minimum atomic E-state index is -0.655. The lowest BCUT2D eigenvalue weighted by Gasteiger charge is -2.15. The van der Waals surface area contributed by atoms with Gasteiger partial charge in [-0.3, -0.25) is 9.69 Å². The van der Waals surface area contributed by atoms with Crippen molar-refractivity contribution in [1.82, 2.24) is 4.90 Å². The Morgan fingerprint density at radius 1 is 1.13 bits per heavy atom. The number of esters is 2. The fourth-order valence-electron chi connectivity index (χ4n) is 2.67. The van der Waals surface area contributed by atoms with Crippen LogP contribution in [0, 0.1) is 5.82 Å². The third-order valence-electron chi connectivity index (χ3n) is 4.20. The van der Waals surface area contributed by atoms with Gasteiger partial charge in [-0.25, -0.2) is 19.0 Å². The van der Waals surface area contributed by atoms with E-state index in [1.165, 1.54) is 24.1 Å². The third-order valence-corrected chi connectivity index (χ3v) is 5.20. The molecule has 1 fully saturated rings. The minimum Gasteiger partial charge on any atom is -0.466 e. The molecule has 1 aliphatic heterocycles. The number of methoxy groups -OCH3 is 1. The summed E-state index contributed by atoms with van der Waals surface area (Å²) < 4.78 is 22.8. The number of benzene rings is 2. The zero-order valence-electron chi connectivity index (χ0n) is 16.8. The molecule has 0 radical (unpaired) electrons. The van der Waals surface area contributed by atoms with Crippen molar-refractivity contribution >= 4 is 40.5 Å². The molecule has 0 bridgehead atoms. The van der Waals surface area contributed by atoms with Crippen molar-refractivity contribution in [3.05, 3.63) is 76.5 Å². The minimum absolute atomic E-state index is 0.143. The molecule has 0 atom stereocenters. The lowest BCUT2D eigenvalue weighted by molar-refractivity contribution is -0.135. The smallest absolute Gasteiger partial charge is 0.338 e. The molecule has 31 heavy (non-hydrogen) atoms. The Hall–Kier alpha value is -3.46. The summed E-state index contributed by atoms with van der Waals surface area (Å²) in [6.45, 7) is 2.14. The van der Waals surface area contributed by atoms with Gasteiger partial charge in [-0.1, -0.05) is 12.1 Å². The topological polar surface area (TPSA) is 85.3 Å². The predicted molar refractivity (Wildman–Crippen MR) is 114 cm³/mol. The van der Waals surface area contributed by atoms with Crippen LogP contribution in [0.3, 0.4) is 0 Å². The Labute approximate surface area is 182 Å². The van der Waals surface area contributed by atoms with Gasteiger partial charge in [0.15, 0.2) is 5.17 Å². The van der Waals surface area contributed by atoms with Crippen LogP contribution in [-0.4, -0.2) is 41.6 Å². The molecule has 3 rings (SSSR count). The number of halogens is 1. The van der Waals surface area contributed by atoms with Crippen molar-refractivity contribution in [1.29, 1.82) is 0 Å². The van der Waals surface area contributed by atoms with Crippen LogP contribution in [0.15, 0.2) is 64.5 Å². The number of thioether (sulfide) groups is 1. The number of nitrogens with zero attached hydrogens (tertiary/aromatic N) is 2. The van der Waals surface area contributed by atoms with Crippen molar-refractivity contribution in [2.24, 2.45) is 4.99 Å². The Balaban J connectivity index is 1.91. The highest BCUT2D eigenvalue weighted by Crippen LogP contribution is 2.34. The zero-order valence-corrected chi connectivity index (χ0v) is 17.6. The molecule has 0 N–H and O–H groups in total. The molecule has 9 heteroatoms. The van der Waals surface area contributed by atoms with Gasteiger partial charge in [-0.05, 0) is 60.6 Å². The van der Waals surface area contributed by atoms with Gasteiger partial charge in [0.05, 0.1) is 36.4 Å². The summed E-state index contributed by atoms with van der Waals surface area (Å²) in [6.07, 6.45) is 1.11. The first-order chi connectivity index (χ1) is 14.9. The maximum absolute atomic E-state index is 13.2. The normalized spacial score (nSPS) is 16.1. The second-order valence-corrected chi connectivity index (χ2v) is 7.32. The molecule has 0 aromatic heterocycles. The van der Waals surface area contributed by atoms with E-state index in [2.05, 4.69) is 9.73 Å². The van der Waals surface area contributed by atoms with Crippen LogP contribution >= 0.6 is 11.8 Å². The maximum atomic E-state index is 13.2. The van der Waals surface area contributed by atoms with Crippen LogP contribution in [0.4, 0.5) is 10.1 Å². The third kappa shape index (κ3) is 5.58. The average Bonchev–Trinajstić information content (AvgIpc) is 3.04. The van der Waals surface area contributed by atoms with E-state index in [0.29, 0.717) is 22.0 Å². The molecule has 0 saturated carbocycles. The van der Waals surface area contributed by atoms with Crippen LogP contribution < -0.4 is 0 Å². The van der Waals surface area contributed by atoms with Gasteiger partial charge in [0, 0.05) is 6.08 Å². The summed E-state index contributed by atoms with van der Waals surface area (Å²) in [5.41, 5.74) is 1.59. The number of hydrogen-bond acceptors (Lipinski definition) is 7. The lowest BCUT2D eigenvalue weighted by Crippen LogP contribution is -2.28. The SMILES string of the molecule is CCOC(=O)c1ccc(N=C2SC(=CC(=O)OC)C(=O)N2Cc2ccc(F)cc2)cc1. The summed E-state index contributed by atoms with van der Waals surface area (Å²) in [6, 6.07) is 12.2. The van der Waals surface area contributed by atoms with Crippen molar-refractivity contribution in [2.75, 3.05) is 13.7 Å². The number of amidine groups is 1. The summed E-state index contributed by atoms with van der Waals surface area (Å²) >= 11 is 1.03. The molecule has 160 valence electrons. The molecule has 2 aromatic carbocycles. The van der Waals surface area contributed by atoms with Crippen LogP contribution in [0.25, 0.3) is 0 Å². The Bertz CT molecular complexity index is 1050. The monoisotopic (exact) mass is 442 g/mol. The van der Waals surface area contributed by atoms with Crippen molar-refractivity contribution in [3.63, 3.8) is 0 Å². The molecule has 0 unspecified atom stereocenters. The molecule has 1 amide bonds. The van der Waals surface area contributed by atoms with Crippen LogP contribution in [-0.2, 0) is 25.6 Å². The quantitative estimate of drug-likeness (QED) is 0.499. The first kappa shape index (κ1) is 22.2. The zero-order chi connectivity index (χ0) is 22.4. The molecule has 1 saturated heterocycles.